The minimum Gasteiger partial charge on any atom is -0.481 e. The largest absolute Gasteiger partial charge is 0.481 e. The molecule has 26 heavy (non-hydrogen) atoms. The van der Waals surface area contributed by atoms with Gasteiger partial charge < -0.3 is 15.2 Å². The van der Waals surface area contributed by atoms with Crippen molar-refractivity contribution in [3.05, 3.63) is 77.4 Å². The van der Waals surface area contributed by atoms with Gasteiger partial charge in [0, 0.05) is 13.0 Å². The number of carbonyl (C=O) groups is 2. The number of aliphatic carboxylic acids is 1. The first-order valence-corrected chi connectivity index (χ1v) is 8.55. The van der Waals surface area contributed by atoms with Crippen LogP contribution in [0, 0.1) is 0 Å². The van der Waals surface area contributed by atoms with Gasteiger partial charge in [-0.1, -0.05) is 66.7 Å². The molecule has 0 saturated heterocycles. The van der Waals surface area contributed by atoms with Crippen molar-refractivity contribution in [3.63, 3.8) is 0 Å². The topological polar surface area (TPSA) is 75.6 Å². The number of nitrogens with one attached hydrogen (secondary N) is 1. The van der Waals surface area contributed by atoms with E-state index in [2.05, 4.69) is 5.32 Å². The molecule has 2 aromatic rings. The highest BCUT2D eigenvalue weighted by molar-refractivity contribution is 5.67. The van der Waals surface area contributed by atoms with Gasteiger partial charge in [0.25, 0.3) is 0 Å². The summed E-state index contributed by atoms with van der Waals surface area (Å²) in [4.78, 5) is 22.1. The SMILES string of the molecule is O=C(O)CCCc1ccc(C=CCNC(=O)OCc2ccccc2)cc1. The Kier molecular flexibility index (Phi) is 7.93. The van der Waals surface area contributed by atoms with Crippen LogP contribution >= 0.6 is 0 Å². The molecule has 0 aliphatic rings. The molecule has 0 aromatic heterocycles. The maximum atomic E-state index is 11.6. The Labute approximate surface area is 153 Å². The number of alkyl carbamates (subject to hydrolysis) is 1. The highest BCUT2D eigenvalue weighted by Gasteiger charge is 2.00. The van der Waals surface area contributed by atoms with E-state index in [0.29, 0.717) is 13.0 Å². The van der Waals surface area contributed by atoms with E-state index in [1.165, 1.54) is 0 Å². The van der Waals surface area contributed by atoms with Gasteiger partial charge >= 0.3 is 12.1 Å². The Morgan fingerprint density at radius 2 is 1.73 bits per heavy atom. The molecular weight excluding hydrogens is 330 g/mol. The second kappa shape index (κ2) is 10.7. The zero-order valence-corrected chi connectivity index (χ0v) is 14.6. The lowest BCUT2D eigenvalue weighted by atomic mass is 10.1. The number of carboxylic acid groups (broad SMARTS) is 1. The van der Waals surface area contributed by atoms with Gasteiger partial charge in [-0.2, -0.15) is 0 Å². The Hall–Kier alpha value is -3.08. The molecule has 0 heterocycles. The summed E-state index contributed by atoms with van der Waals surface area (Å²) in [7, 11) is 0. The fraction of sp³-hybridized carbons (Fsp3) is 0.238. The lowest BCUT2D eigenvalue weighted by Gasteiger charge is -2.05. The molecule has 0 atom stereocenters. The van der Waals surface area contributed by atoms with Crippen LogP contribution in [-0.2, 0) is 22.6 Å². The van der Waals surface area contributed by atoms with Crippen molar-refractivity contribution in [2.24, 2.45) is 0 Å². The van der Waals surface area contributed by atoms with Crippen LogP contribution in [0.5, 0.6) is 0 Å². The van der Waals surface area contributed by atoms with Gasteiger partial charge in [-0.15, -0.1) is 0 Å². The van der Waals surface area contributed by atoms with E-state index in [4.69, 9.17) is 9.84 Å². The molecule has 2 N–H and O–H groups in total. The fourth-order valence-corrected chi connectivity index (χ4v) is 2.35. The summed E-state index contributed by atoms with van der Waals surface area (Å²) in [5, 5.41) is 11.3. The van der Waals surface area contributed by atoms with E-state index in [1.54, 1.807) is 0 Å². The molecular formula is C21H23NO4. The first-order valence-electron chi connectivity index (χ1n) is 8.55. The highest BCUT2D eigenvalue weighted by Crippen LogP contribution is 2.09. The van der Waals surface area contributed by atoms with Crippen molar-refractivity contribution in [2.45, 2.75) is 25.9 Å². The van der Waals surface area contributed by atoms with Crippen molar-refractivity contribution < 1.29 is 19.4 Å². The summed E-state index contributed by atoms with van der Waals surface area (Å²) in [6.07, 6.45) is 4.90. The van der Waals surface area contributed by atoms with Crippen molar-refractivity contribution >= 4 is 18.1 Å². The summed E-state index contributed by atoms with van der Waals surface area (Å²) in [6.45, 7) is 0.633. The zero-order valence-electron chi connectivity index (χ0n) is 14.6. The quantitative estimate of drug-likeness (QED) is 0.713. The standard InChI is InChI=1S/C21H23NO4/c23-20(24)10-4-8-17-11-13-18(14-12-17)9-5-15-22-21(25)26-16-19-6-2-1-3-7-19/h1-3,5-7,9,11-14H,4,8,10,15-16H2,(H,22,25)(H,23,24). The van der Waals surface area contributed by atoms with E-state index in [1.807, 2.05) is 66.7 Å². The maximum absolute atomic E-state index is 11.6. The van der Waals surface area contributed by atoms with E-state index >= 15 is 0 Å². The lowest BCUT2D eigenvalue weighted by molar-refractivity contribution is -0.137. The Bertz CT molecular complexity index is 723. The van der Waals surface area contributed by atoms with E-state index in [-0.39, 0.29) is 13.0 Å². The zero-order chi connectivity index (χ0) is 18.6. The van der Waals surface area contributed by atoms with Crippen LogP contribution in [0.1, 0.15) is 29.5 Å². The van der Waals surface area contributed by atoms with Crippen LogP contribution in [0.25, 0.3) is 6.08 Å². The van der Waals surface area contributed by atoms with Crippen LogP contribution in [-0.4, -0.2) is 23.7 Å². The van der Waals surface area contributed by atoms with Gasteiger partial charge in [-0.25, -0.2) is 4.79 Å². The van der Waals surface area contributed by atoms with E-state index in [9.17, 15) is 9.59 Å². The van der Waals surface area contributed by atoms with Gasteiger partial charge in [-0.05, 0) is 29.5 Å². The average molecular weight is 353 g/mol. The van der Waals surface area contributed by atoms with E-state index < -0.39 is 12.1 Å². The second-order valence-corrected chi connectivity index (χ2v) is 5.83. The molecule has 0 fully saturated rings. The minimum atomic E-state index is -0.764. The number of carbonyl (C=O) groups excluding carboxylic acids is 1. The summed E-state index contributed by atoms with van der Waals surface area (Å²) < 4.78 is 5.12. The molecule has 0 bridgehead atoms. The summed E-state index contributed by atoms with van der Waals surface area (Å²) >= 11 is 0. The number of carboxylic acids is 1. The number of hydrogen-bond acceptors (Lipinski definition) is 3. The highest BCUT2D eigenvalue weighted by atomic mass is 16.5. The van der Waals surface area contributed by atoms with Crippen molar-refractivity contribution in [1.29, 1.82) is 0 Å². The molecule has 0 radical (unpaired) electrons. The van der Waals surface area contributed by atoms with Crippen LogP contribution in [0.2, 0.25) is 0 Å². The van der Waals surface area contributed by atoms with Crippen molar-refractivity contribution in [1.82, 2.24) is 5.32 Å². The number of rotatable bonds is 9. The average Bonchev–Trinajstić information content (AvgIpc) is 2.65. The van der Waals surface area contributed by atoms with Crippen LogP contribution < -0.4 is 5.32 Å². The molecule has 0 saturated carbocycles. The van der Waals surface area contributed by atoms with Gasteiger partial charge in [-0.3, -0.25) is 4.79 Å². The molecule has 0 unspecified atom stereocenters. The number of aryl methyl sites for hydroxylation is 1. The predicted molar refractivity (Wildman–Crippen MR) is 101 cm³/mol. The molecule has 1 amide bonds. The Morgan fingerprint density at radius 1 is 1.00 bits per heavy atom. The Morgan fingerprint density at radius 3 is 2.42 bits per heavy atom. The number of amides is 1. The molecule has 0 spiro atoms. The molecule has 2 rings (SSSR count). The molecule has 2 aromatic carbocycles. The second-order valence-electron chi connectivity index (χ2n) is 5.83. The van der Waals surface area contributed by atoms with Gasteiger partial charge in [0.1, 0.15) is 6.61 Å². The normalized spacial score (nSPS) is 10.6. The number of ether oxygens (including phenoxy) is 1. The minimum absolute atomic E-state index is 0.188. The smallest absolute Gasteiger partial charge is 0.407 e. The third kappa shape index (κ3) is 7.66. The van der Waals surface area contributed by atoms with E-state index in [0.717, 1.165) is 23.1 Å². The Balaban J connectivity index is 1.66. The first-order chi connectivity index (χ1) is 12.6. The number of hydrogen-bond donors (Lipinski definition) is 2. The van der Waals surface area contributed by atoms with Gasteiger partial charge in [0.15, 0.2) is 0 Å². The summed E-state index contributed by atoms with van der Waals surface area (Å²) in [5.41, 5.74) is 3.08. The monoisotopic (exact) mass is 353 g/mol. The van der Waals surface area contributed by atoms with Crippen molar-refractivity contribution in [3.8, 4) is 0 Å². The molecule has 0 aliphatic carbocycles. The van der Waals surface area contributed by atoms with Gasteiger partial charge in [0.05, 0.1) is 0 Å². The third-order valence-electron chi connectivity index (χ3n) is 3.72. The van der Waals surface area contributed by atoms with Crippen LogP contribution in [0.4, 0.5) is 4.79 Å². The third-order valence-corrected chi connectivity index (χ3v) is 3.72. The maximum Gasteiger partial charge on any atom is 0.407 e. The molecule has 0 aliphatic heterocycles. The first kappa shape index (κ1) is 19.2. The molecule has 136 valence electrons. The lowest BCUT2D eigenvalue weighted by Crippen LogP contribution is -2.24. The van der Waals surface area contributed by atoms with Crippen LogP contribution in [0.3, 0.4) is 0 Å². The fourth-order valence-electron chi connectivity index (χ4n) is 2.35. The summed E-state index contributed by atoms with van der Waals surface area (Å²) in [5.74, 6) is -0.764. The number of benzene rings is 2. The molecule has 5 heteroatoms. The van der Waals surface area contributed by atoms with Crippen LogP contribution in [0.15, 0.2) is 60.7 Å². The van der Waals surface area contributed by atoms with Gasteiger partial charge in [0.2, 0.25) is 0 Å². The summed E-state index contributed by atoms with van der Waals surface area (Å²) in [6, 6.07) is 17.4. The predicted octanol–water partition coefficient (Wildman–Crippen LogP) is 4.03. The molecule has 5 nitrogen and oxygen atoms in total. The van der Waals surface area contributed by atoms with Crippen molar-refractivity contribution in [2.75, 3.05) is 6.54 Å².